The van der Waals surface area contributed by atoms with Gasteiger partial charge >= 0.3 is 6.16 Å². The quantitative estimate of drug-likeness (QED) is 0.391. The van der Waals surface area contributed by atoms with Crippen LogP contribution in [0.1, 0.15) is 20.8 Å². The number of carbonyl (C=O) groups is 2. The maximum atomic E-state index is 11.7. The lowest BCUT2D eigenvalue weighted by Gasteiger charge is -2.09. The number of aromatic nitrogens is 1. The minimum Gasteiger partial charge on any atom is -0.431 e. The van der Waals surface area contributed by atoms with Crippen molar-refractivity contribution in [3.8, 4) is 5.75 Å². The molecule has 1 atom stereocenters. The number of rotatable bonds is 6. The number of carbonyl (C=O) groups excluding carboxylic acids is 2. The van der Waals surface area contributed by atoms with Gasteiger partial charge in [0.05, 0.1) is 12.1 Å². The van der Waals surface area contributed by atoms with Gasteiger partial charge in [-0.1, -0.05) is 12.1 Å². The number of hydrogen-bond acceptors (Lipinski definition) is 9. The molecule has 0 aliphatic rings. The summed E-state index contributed by atoms with van der Waals surface area (Å²) < 4.78 is 10.1. The Labute approximate surface area is 161 Å². The standard InChI is InChI=1S/C18H22N6O4/c1-10(2)27-18(26)28-14-7-5-4-6-12(14)23-24-13-8-9-15(21-16(13)20)22-17(25)11(3)19/h4-11H,19H2,1-3H3,(H3,20,21,22,25)/t11-/m0/s1. The Bertz CT molecular complexity index is 882. The van der Waals surface area contributed by atoms with Gasteiger partial charge in [0.2, 0.25) is 5.91 Å². The van der Waals surface area contributed by atoms with Crippen LogP contribution in [-0.2, 0) is 9.53 Å². The smallest absolute Gasteiger partial charge is 0.431 e. The second-order valence-corrected chi connectivity index (χ2v) is 6.07. The monoisotopic (exact) mass is 386 g/mol. The van der Waals surface area contributed by atoms with Gasteiger partial charge in [0.1, 0.15) is 17.2 Å². The molecule has 28 heavy (non-hydrogen) atoms. The van der Waals surface area contributed by atoms with E-state index in [1.807, 2.05) is 0 Å². The lowest BCUT2D eigenvalue weighted by Crippen LogP contribution is -2.32. The van der Waals surface area contributed by atoms with Crippen LogP contribution >= 0.6 is 0 Å². The molecule has 10 nitrogen and oxygen atoms in total. The summed E-state index contributed by atoms with van der Waals surface area (Å²) in [4.78, 5) is 27.3. The van der Waals surface area contributed by atoms with Crippen LogP contribution in [0.5, 0.6) is 5.75 Å². The Kier molecular flexibility index (Phi) is 6.99. The number of benzene rings is 1. The van der Waals surface area contributed by atoms with Gasteiger partial charge in [0.15, 0.2) is 11.6 Å². The molecule has 0 radical (unpaired) electrons. The molecule has 0 saturated carbocycles. The van der Waals surface area contributed by atoms with E-state index in [1.54, 1.807) is 51.1 Å². The summed E-state index contributed by atoms with van der Waals surface area (Å²) in [5.41, 5.74) is 11.9. The number of hydrogen-bond donors (Lipinski definition) is 3. The van der Waals surface area contributed by atoms with Crippen LogP contribution in [0.25, 0.3) is 0 Å². The fourth-order valence-corrected chi connectivity index (χ4v) is 1.90. The van der Waals surface area contributed by atoms with Gasteiger partial charge in [-0.3, -0.25) is 4.79 Å². The van der Waals surface area contributed by atoms with Crippen molar-refractivity contribution in [2.24, 2.45) is 16.0 Å². The normalized spacial score (nSPS) is 12.0. The largest absolute Gasteiger partial charge is 0.514 e. The molecule has 0 fully saturated rings. The maximum Gasteiger partial charge on any atom is 0.514 e. The van der Waals surface area contributed by atoms with Gasteiger partial charge in [-0.2, -0.15) is 0 Å². The van der Waals surface area contributed by atoms with Gasteiger partial charge in [-0.25, -0.2) is 9.78 Å². The highest BCUT2D eigenvalue weighted by molar-refractivity contribution is 5.93. The van der Waals surface area contributed by atoms with Crippen molar-refractivity contribution in [3.63, 3.8) is 0 Å². The highest BCUT2D eigenvalue weighted by Crippen LogP contribution is 2.30. The van der Waals surface area contributed by atoms with Gasteiger partial charge in [0, 0.05) is 0 Å². The van der Waals surface area contributed by atoms with E-state index in [-0.39, 0.29) is 35.1 Å². The number of pyridine rings is 1. The third-order valence-corrected chi connectivity index (χ3v) is 3.22. The Balaban J connectivity index is 2.15. The van der Waals surface area contributed by atoms with E-state index in [1.165, 1.54) is 6.07 Å². The second-order valence-electron chi connectivity index (χ2n) is 6.07. The minimum atomic E-state index is -0.840. The minimum absolute atomic E-state index is 0.0591. The average molecular weight is 386 g/mol. The molecule has 1 aromatic heterocycles. The van der Waals surface area contributed by atoms with Crippen molar-refractivity contribution in [1.82, 2.24) is 4.98 Å². The highest BCUT2D eigenvalue weighted by atomic mass is 16.7. The van der Waals surface area contributed by atoms with Crippen LogP contribution in [0.3, 0.4) is 0 Å². The maximum absolute atomic E-state index is 11.7. The Morgan fingerprint density at radius 1 is 1.07 bits per heavy atom. The van der Waals surface area contributed by atoms with E-state index in [0.717, 1.165) is 0 Å². The summed E-state index contributed by atoms with van der Waals surface area (Å²) >= 11 is 0. The molecule has 148 valence electrons. The van der Waals surface area contributed by atoms with E-state index in [0.29, 0.717) is 5.69 Å². The average Bonchev–Trinajstić information content (AvgIpc) is 2.61. The van der Waals surface area contributed by atoms with Crippen molar-refractivity contribution in [2.45, 2.75) is 32.9 Å². The van der Waals surface area contributed by atoms with Crippen molar-refractivity contribution in [2.75, 3.05) is 11.1 Å². The fourth-order valence-electron chi connectivity index (χ4n) is 1.90. The number of para-hydroxylation sites is 1. The molecule has 2 aromatic rings. The summed E-state index contributed by atoms with van der Waals surface area (Å²) in [7, 11) is 0. The van der Waals surface area contributed by atoms with E-state index in [4.69, 9.17) is 20.9 Å². The van der Waals surface area contributed by atoms with Gasteiger partial charge in [0.25, 0.3) is 0 Å². The van der Waals surface area contributed by atoms with Crippen LogP contribution in [0.15, 0.2) is 46.6 Å². The number of ether oxygens (including phenoxy) is 2. The summed E-state index contributed by atoms with van der Waals surface area (Å²) in [6.07, 6.45) is -1.15. The molecule has 0 aliphatic carbocycles. The van der Waals surface area contributed by atoms with E-state index in [9.17, 15) is 9.59 Å². The van der Waals surface area contributed by atoms with Crippen molar-refractivity contribution < 1.29 is 19.1 Å². The number of amides is 1. The third kappa shape index (κ3) is 6.02. The number of nitrogen functional groups attached to an aromatic ring is 1. The highest BCUT2D eigenvalue weighted by Gasteiger charge is 2.12. The zero-order valence-electron chi connectivity index (χ0n) is 15.7. The van der Waals surface area contributed by atoms with Gasteiger partial charge in [-0.05, 0) is 45.0 Å². The molecule has 10 heteroatoms. The first-order valence-corrected chi connectivity index (χ1v) is 8.48. The topological polar surface area (TPSA) is 154 Å². The van der Waals surface area contributed by atoms with Crippen molar-refractivity contribution >= 4 is 35.1 Å². The van der Waals surface area contributed by atoms with Crippen LogP contribution in [0, 0.1) is 0 Å². The zero-order valence-corrected chi connectivity index (χ0v) is 15.7. The van der Waals surface area contributed by atoms with E-state index < -0.39 is 12.2 Å². The molecule has 0 spiro atoms. The first-order chi connectivity index (χ1) is 13.3. The number of anilines is 2. The molecule has 0 saturated heterocycles. The predicted octanol–water partition coefficient (Wildman–Crippen LogP) is 3.29. The number of azo groups is 1. The van der Waals surface area contributed by atoms with Crippen LogP contribution in [-0.4, -0.2) is 29.2 Å². The van der Waals surface area contributed by atoms with E-state index in [2.05, 4.69) is 20.5 Å². The number of nitrogens with zero attached hydrogens (tertiary/aromatic N) is 3. The van der Waals surface area contributed by atoms with Crippen LogP contribution in [0.2, 0.25) is 0 Å². The molecular formula is C18H22N6O4. The molecule has 0 aliphatic heterocycles. The molecule has 0 unspecified atom stereocenters. The molecule has 2 rings (SSSR count). The summed E-state index contributed by atoms with van der Waals surface area (Å²) in [6.45, 7) is 4.98. The molecule has 1 heterocycles. The first-order valence-electron chi connectivity index (χ1n) is 8.48. The van der Waals surface area contributed by atoms with Crippen molar-refractivity contribution in [1.29, 1.82) is 0 Å². The molecule has 0 bridgehead atoms. The van der Waals surface area contributed by atoms with Gasteiger partial charge in [-0.15, -0.1) is 10.2 Å². The van der Waals surface area contributed by atoms with E-state index >= 15 is 0 Å². The number of nitrogens with one attached hydrogen (secondary N) is 1. The fraction of sp³-hybridized carbons (Fsp3) is 0.278. The SMILES string of the molecule is CC(C)OC(=O)Oc1ccccc1N=Nc1ccc(NC(=O)[C@H](C)N)nc1N. The molecule has 5 N–H and O–H groups in total. The lowest BCUT2D eigenvalue weighted by molar-refractivity contribution is -0.117. The summed E-state index contributed by atoms with van der Waals surface area (Å²) in [5, 5.41) is 10.6. The molecule has 1 aromatic carbocycles. The van der Waals surface area contributed by atoms with Crippen LogP contribution < -0.4 is 21.5 Å². The van der Waals surface area contributed by atoms with Gasteiger partial charge < -0.3 is 26.3 Å². The Hall–Kier alpha value is -3.53. The zero-order chi connectivity index (χ0) is 20.7. The Morgan fingerprint density at radius 3 is 2.39 bits per heavy atom. The Morgan fingerprint density at radius 2 is 1.75 bits per heavy atom. The predicted molar refractivity (Wildman–Crippen MR) is 104 cm³/mol. The summed E-state index contributed by atoms with van der Waals surface area (Å²) in [6, 6.07) is 8.95. The lowest BCUT2D eigenvalue weighted by atomic mass is 10.3. The van der Waals surface area contributed by atoms with Crippen LogP contribution in [0.4, 0.5) is 27.8 Å². The van der Waals surface area contributed by atoms with Crippen molar-refractivity contribution in [3.05, 3.63) is 36.4 Å². The third-order valence-electron chi connectivity index (χ3n) is 3.22. The second kappa shape index (κ2) is 9.42. The number of nitrogens with two attached hydrogens (primary N) is 2. The first kappa shape index (κ1) is 20.8. The molecular weight excluding hydrogens is 364 g/mol. The molecule has 1 amide bonds. The summed E-state index contributed by atoms with van der Waals surface area (Å²) in [5.74, 6) is 0.104.